The summed E-state index contributed by atoms with van der Waals surface area (Å²) >= 11 is 0. The second kappa shape index (κ2) is 3.10. The number of dihydropyridines is 1. The average Bonchev–Trinajstić information content (AvgIpc) is 2.17. The standard InChI is InChI=1S/C11H12N2/c1-8-2-5-11-9(6-8)3-4-10(7-12)13-11/h2-5,8,10,13H,6H2,1H3. The van der Waals surface area contributed by atoms with E-state index in [0.717, 1.165) is 12.1 Å². The van der Waals surface area contributed by atoms with Crippen LogP contribution >= 0.6 is 0 Å². The third kappa shape index (κ3) is 1.50. The molecule has 2 rings (SSSR count). The molecule has 1 aliphatic carbocycles. The first-order valence-electron chi connectivity index (χ1n) is 4.55. The molecule has 1 aliphatic heterocycles. The number of hydrogen-bond donors (Lipinski definition) is 1. The van der Waals surface area contributed by atoms with Crippen LogP contribution in [0.4, 0.5) is 0 Å². The zero-order chi connectivity index (χ0) is 9.26. The Kier molecular flexibility index (Phi) is 1.94. The van der Waals surface area contributed by atoms with Gasteiger partial charge < -0.3 is 5.32 Å². The Bertz CT molecular complexity index is 342. The van der Waals surface area contributed by atoms with E-state index in [2.05, 4.69) is 36.5 Å². The van der Waals surface area contributed by atoms with E-state index in [1.54, 1.807) is 0 Å². The van der Waals surface area contributed by atoms with Gasteiger partial charge in [-0.3, -0.25) is 0 Å². The average molecular weight is 172 g/mol. The molecule has 2 heteroatoms. The molecule has 0 fully saturated rings. The highest BCUT2D eigenvalue weighted by molar-refractivity contribution is 5.41. The van der Waals surface area contributed by atoms with Gasteiger partial charge in [0.25, 0.3) is 0 Å². The molecule has 0 radical (unpaired) electrons. The molecule has 2 nitrogen and oxygen atoms in total. The molecule has 1 N–H and O–H groups in total. The highest BCUT2D eigenvalue weighted by atomic mass is 14.9. The molecule has 0 amide bonds. The highest BCUT2D eigenvalue weighted by Crippen LogP contribution is 2.25. The van der Waals surface area contributed by atoms with Crippen molar-refractivity contribution in [3.05, 3.63) is 35.6 Å². The molecule has 0 aromatic heterocycles. The first-order valence-corrected chi connectivity index (χ1v) is 4.55. The number of allylic oxidation sites excluding steroid dienone is 4. The maximum atomic E-state index is 8.72. The minimum absolute atomic E-state index is 0.156. The molecule has 0 aromatic rings. The lowest BCUT2D eigenvalue weighted by Crippen LogP contribution is -2.29. The summed E-state index contributed by atoms with van der Waals surface area (Å²) in [5.74, 6) is 0.615. The third-order valence-corrected chi connectivity index (χ3v) is 2.42. The van der Waals surface area contributed by atoms with Crippen LogP contribution in [0.1, 0.15) is 13.3 Å². The highest BCUT2D eigenvalue weighted by Gasteiger charge is 2.16. The van der Waals surface area contributed by atoms with Crippen LogP contribution in [-0.4, -0.2) is 6.04 Å². The third-order valence-electron chi connectivity index (χ3n) is 2.42. The smallest absolute Gasteiger partial charge is 0.133 e. The number of nitrogens with zero attached hydrogens (tertiary/aromatic N) is 1. The molecule has 0 bridgehead atoms. The van der Waals surface area contributed by atoms with Gasteiger partial charge in [-0.1, -0.05) is 19.1 Å². The van der Waals surface area contributed by atoms with Gasteiger partial charge in [-0.15, -0.1) is 0 Å². The van der Waals surface area contributed by atoms with Gasteiger partial charge in [0.2, 0.25) is 0 Å². The van der Waals surface area contributed by atoms with Crippen LogP contribution in [0.25, 0.3) is 0 Å². The second-order valence-electron chi connectivity index (χ2n) is 3.59. The van der Waals surface area contributed by atoms with Gasteiger partial charge in [0.1, 0.15) is 6.04 Å². The molecular formula is C11H12N2. The molecule has 0 saturated carbocycles. The van der Waals surface area contributed by atoms with Gasteiger partial charge in [0, 0.05) is 5.70 Å². The van der Waals surface area contributed by atoms with Crippen LogP contribution < -0.4 is 5.32 Å². The van der Waals surface area contributed by atoms with Crippen molar-refractivity contribution >= 4 is 0 Å². The minimum Gasteiger partial charge on any atom is -0.366 e. The fourth-order valence-electron chi connectivity index (χ4n) is 1.69. The van der Waals surface area contributed by atoms with Gasteiger partial charge >= 0.3 is 0 Å². The van der Waals surface area contributed by atoms with Crippen LogP contribution in [0.2, 0.25) is 0 Å². The molecule has 0 saturated heterocycles. The number of hydrogen-bond acceptors (Lipinski definition) is 2. The Morgan fingerprint density at radius 3 is 3.08 bits per heavy atom. The van der Waals surface area contributed by atoms with Crippen molar-refractivity contribution < 1.29 is 0 Å². The van der Waals surface area contributed by atoms with Gasteiger partial charge in [-0.05, 0) is 30.1 Å². The first kappa shape index (κ1) is 8.12. The van der Waals surface area contributed by atoms with Crippen molar-refractivity contribution in [3.8, 4) is 6.07 Å². The van der Waals surface area contributed by atoms with Crippen molar-refractivity contribution in [2.24, 2.45) is 5.92 Å². The van der Waals surface area contributed by atoms with Crippen LogP contribution in [0.5, 0.6) is 0 Å². The van der Waals surface area contributed by atoms with Crippen LogP contribution in [0.15, 0.2) is 35.6 Å². The molecular weight excluding hydrogens is 160 g/mol. The molecule has 2 unspecified atom stereocenters. The summed E-state index contributed by atoms with van der Waals surface area (Å²) in [7, 11) is 0. The zero-order valence-corrected chi connectivity index (χ0v) is 7.62. The maximum absolute atomic E-state index is 8.72. The van der Waals surface area contributed by atoms with Crippen molar-refractivity contribution in [2.45, 2.75) is 19.4 Å². The lowest BCUT2D eigenvalue weighted by atomic mass is 9.91. The van der Waals surface area contributed by atoms with Crippen molar-refractivity contribution in [3.63, 3.8) is 0 Å². The van der Waals surface area contributed by atoms with Crippen molar-refractivity contribution in [2.75, 3.05) is 0 Å². The Morgan fingerprint density at radius 2 is 2.31 bits per heavy atom. The normalized spacial score (nSPS) is 30.8. The van der Waals surface area contributed by atoms with E-state index in [-0.39, 0.29) is 6.04 Å². The van der Waals surface area contributed by atoms with E-state index in [1.165, 1.54) is 5.57 Å². The Morgan fingerprint density at radius 1 is 1.46 bits per heavy atom. The lowest BCUT2D eigenvalue weighted by Gasteiger charge is -2.23. The van der Waals surface area contributed by atoms with E-state index in [1.807, 2.05) is 6.08 Å². The van der Waals surface area contributed by atoms with Crippen LogP contribution in [-0.2, 0) is 0 Å². The molecule has 2 atom stereocenters. The van der Waals surface area contributed by atoms with Gasteiger partial charge in [-0.25, -0.2) is 0 Å². The molecule has 13 heavy (non-hydrogen) atoms. The second-order valence-corrected chi connectivity index (χ2v) is 3.59. The largest absolute Gasteiger partial charge is 0.366 e. The maximum Gasteiger partial charge on any atom is 0.133 e. The quantitative estimate of drug-likeness (QED) is 0.605. The zero-order valence-electron chi connectivity index (χ0n) is 7.62. The molecule has 0 aromatic carbocycles. The summed E-state index contributed by atoms with van der Waals surface area (Å²) in [6.45, 7) is 2.20. The first-order chi connectivity index (χ1) is 6.29. The molecule has 66 valence electrons. The predicted molar refractivity (Wildman–Crippen MR) is 51.6 cm³/mol. The predicted octanol–water partition coefficient (Wildman–Crippen LogP) is 1.89. The fourth-order valence-corrected chi connectivity index (χ4v) is 1.69. The molecule has 1 heterocycles. The summed E-state index contributed by atoms with van der Waals surface area (Å²) < 4.78 is 0. The fraction of sp³-hybridized carbons (Fsp3) is 0.364. The summed E-state index contributed by atoms with van der Waals surface area (Å²) in [6, 6.07) is 2.03. The Hall–Kier alpha value is -1.49. The number of nitrogens with one attached hydrogen (secondary N) is 1. The topological polar surface area (TPSA) is 35.8 Å². The monoisotopic (exact) mass is 172 g/mol. The number of nitriles is 1. The summed E-state index contributed by atoms with van der Waals surface area (Å²) in [5.41, 5.74) is 2.44. The summed E-state index contributed by atoms with van der Waals surface area (Å²) in [5, 5.41) is 11.9. The SMILES string of the molecule is CC1C=CC2=C(C=CC(C#N)N2)C1. The minimum atomic E-state index is -0.156. The van der Waals surface area contributed by atoms with Crippen LogP contribution in [0.3, 0.4) is 0 Å². The number of rotatable bonds is 0. The van der Waals surface area contributed by atoms with E-state index >= 15 is 0 Å². The van der Waals surface area contributed by atoms with Crippen LogP contribution in [0, 0.1) is 17.2 Å². The summed E-state index contributed by atoms with van der Waals surface area (Å²) in [4.78, 5) is 0. The van der Waals surface area contributed by atoms with Crippen molar-refractivity contribution in [1.82, 2.24) is 5.32 Å². The molecule has 0 spiro atoms. The molecule has 2 aliphatic rings. The summed E-state index contributed by atoms with van der Waals surface area (Å²) in [6.07, 6.45) is 9.33. The van der Waals surface area contributed by atoms with Gasteiger partial charge in [0.05, 0.1) is 6.07 Å². The van der Waals surface area contributed by atoms with E-state index < -0.39 is 0 Å². The van der Waals surface area contributed by atoms with Gasteiger partial charge in [-0.2, -0.15) is 5.26 Å². The van der Waals surface area contributed by atoms with E-state index in [4.69, 9.17) is 5.26 Å². The van der Waals surface area contributed by atoms with Gasteiger partial charge in [0.15, 0.2) is 0 Å². The Balaban J connectivity index is 2.22. The Labute approximate surface area is 78.3 Å². The van der Waals surface area contributed by atoms with Crippen molar-refractivity contribution in [1.29, 1.82) is 5.26 Å². The van der Waals surface area contributed by atoms with E-state index in [0.29, 0.717) is 5.92 Å². The lowest BCUT2D eigenvalue weighted by molar-refractivity contribution is 0.676. The van der Waals surface area contributed by atoms with E-state index in [9.17, 15) is 0 Å².